The van der Waals surface area contributed by atoms with Crippen molar-refractivity contribution >= 4 is 0 Å². The minimum absolute atomic E-state index is 0.893. The minimum atomic E-state index is 0.893. The lowest BCUT2D eigenvalue weighted by Crippen LogP contribution is -2.30. The van der Waals surface area contributed by atoms with Crippen LogP contribution < -0.4 is 10.1 Å². The van der Waals surface area contributed by atoms with Gasteiger partial charge in [0.25, 0.3) is 0 Å². The van der Waals surface area contributed by atoms with E-state index in [1.165, 1.54) is 23.2 Å². The Morgan fingerprint density at radius 3 is 2.78 bits per heavy atom. The number of methoxy groups -OCH3 is 1. The van der Waals surface area contributed by atoms with Crippen LogP contribution in [-0.2, 0) is 19.5 Å². The molecule has 0 spiro atoms. The van der Waals surface area contributed by atoms with Crippen LogP contribution in [0.15, 0.2) is 12.1 Å². The summed E-state index contributed by atoms with van der Waals surface area (Å²) in [5, 5.41) is 3.38. The van der Waals surface area contributed by atoms with E-state index in [9.17, 15) is 0 Å². The molecule has 0 saturated heterocycles. The maximum absolute atomic E-state index is 5.52. The van der Waals surface area contributed by atoms with Crippen molar-refractivity contribution in [1.82, 2.24) is 10.2 Å². The van der Waals surface area contributed by atoms with Crippen LogP contribution >= 0.6 is 0 Å². The topological polar surface area (TPSA) is 24.5 Å². The molecule has 18 heavy (non-hydrogen) atoms. The quantitative estimate of drug-likeness (QED) is 0.864. The van der Waals surface area contributed by atoms with Gasteiger partial charge in [-0.3, -0.25) is 4.90 Å². The molecule has 0 amide bonds. The average molecular weight is 248 g/mol. The lowest BCUT2D eigenvalue weighted by Gasteiger charge is -2.28. The molecule has 1 aromatic carbocycles. The van der Waals surface area contributed by atoms with Gasteiger partial charge in [0, 0.05) is 25.2 Å². The second-order valence-electron chi connectivity index (χ2n) is 4.83. The Labute approximate surface area is 110 Å². The number of likely N-dealkylation sites (N-methyl/N-ethyl adjacent to an activating group) is 1. The summed E-state index contributed by atoms with van der Waals surface area (Å²) in [5.41, 5.74) is 4.21. The highest BCUT2D eigenvalue weighted by atomic mass is 16.5. The van der Waals surface area contributed by atoms with Crippen LogP contribution in [0.3, 0.4) is 0 Å². The van der Waals surface area contributed by atoms with Gasteiger partial charge >= 0.3 is 0 Å². The SMILES string of the molecule is CCNCc1cc2c(cc1OC)CN(CC)CC2. The van der Waals surface area contributed by atoms with E-state index in [4.69, 9.17) is 4.74 Å². The first-order chi connectivity index (χ1) is 8.78. The third-order valence-electron chi connectivity index (χ3n) is 3.71. The van der Waals surface area contributed by atoms with E-state index in [1.54, 1.807) is 7.11 Å². The molecule has 1 aliphatic heterocycles. The molecule has 3 nitrogen and oxygen atoms in total. The zero-order valence-electron chi connectivity index (χ0n) is 11.8. The lowest BCUT2D eigenvalue weighted by atomic mass is 9.96. The molecule has 1 heterocycles. The van der Waals surface area contributed by atoms with Gasteiger partial charge in [0.2, 0.25) is 0 Å². The highest BCUT2D eigenvalue weighted by molar-refractivity contribution is 5.43. The molecule has 0 fully saturated rings. The zero-order chi connectivity index (χ0) is 13.0. The van der Waals surface area contributed by atoms with Crippen LogP contribution in [0, 0.1) is 0 Å². The number of hydrogen-bond acceptors (Lipinski definition) is 3. The van der Waals surface area contributed by atoms with Crippen LogP contribution in [0.5, 0.6) is 5.75 Å². The normalized spacial score (nSPS) is 15.5. The first-order valence-corrected chi connectivity index (χ1v) is 6.90. The van der Waals surface area contributed by atoms with Gasteiger partial charge in [-0.25, -0.2) is 0 Å². The van der Waals surface area contributed by atoms with Crippen molar-refractivity contribution in [3.05, 3.63) is 28.8 Å². The number of nitrogens with one attached hydrogen (secondary N) is 1. The van der Waals surface area contributed by atoms with Gasteiger partial charge in [0.15, 0.2) is 0 Å². The molecule has 0 saturated carbocycles. The Hall–Kier alpha value is -1.06. The summed E-state index contributed by atoms with van der Waals surface area (Å²) in [6, 6.07) is 4.55. The number of benzene rings is 1. The van der Waals surface area contributed by atoms with E-state index in [2.05, 4.69) is 36.2 Å². The van der Waals surface area contributed by atoms with Crippen molar-refractivity contribution in [1.29, 1.82) is 0 Å². The third-order valence-corrected chi connectivity index (χ3v) is 3.71. The Morgan fingerprint density at radius 2 is 2.11 bits per heavy atom. The predicted octanol–water partition coefficient (Wildman–Crippen LogP) is 2.18. The van der Waals surface area contributed by atoms with Crippen LogP contribution in [0.25, 0.3) is 0 Å². The Balaban J connectivity index is 2.24. The summed E-state index contributed by atoms with van der Waals surface area (Å²) in [6.07, 6.45) is 1.16. The van der Waals surface area contributed by atoms with E-state index in [1.807, 2.05) is 0 Å². The monoisotopic (exact) mass is 248 g/mol. The first kappa shape index (κ1) is 13.4. The van der Waals surface area contributed by atoms with E-state index >= 15 is 0 Å². The van der Waals surface area contributed by atoms with Gasteiger partial charge in [0.1, 0.15) is 5.75 Å². The molecule has 0 atom stereocenters. The number of hydrogen-bond donors (Lipinski definition) is 1. The molecule has 2 rings (SSSR count). The van der Waals surface area contributed by atoms with Gasteiger partial charge in [-0.1, -0.05) is 19.9 Å². The second-order valence-corrected chi connectivity index (χ2v) is 4.83. The molecule has 1 aromatic rings. The summed E-state index contributed by atoms with van der Waals surface area (Å²) >= 11 is 0. The fourth-order valence-electron chi connectivity index (χ4n) is 2.55. The maximum atomic E-state index is 5.52. The van der Waals surface area contributed by atoms with Gasteiger partial charge in [0.05, 0.1) is 7.11 Å². The van der Waals surface area contributed by atoms with Gasteiger partial charge < -0.3 is 10.1 Å². The maximum Gasteiger partial charge on any atom is 0.123 e. The van der Waals surface area contributed by atoms with E-state index < -0.39 is 0 Å². The lowest BCUT2D eigenvalue weighted by molar-refractivity contribution is 0.267. The first-order valence-electron chi connectivity index (χ1n) is 6.90. The predicted molar refractivity (Wildman–Crippen MR) is 75.0 cm³/mol. The van der Waals surface area contributed by atoms with Crippen molar-refractivity contribution in [2.24, 2.45) is 0 Å². The second kappa shape index (κ2) is 6.21. The zero-order valence-corrected chi connectivity index (χ0v) is 11.8. The highest BCUT2D eigenvalue weighted by Crippen LogP contribution is 2.27. The van der Waals surface area contributed by atoms with Crippen molar-refractivity contribution in [2.45, 2.75) is 33.4 Å². The number of ether oxygens (including phenoxy) is 1. The molecule has 0 radical (unpaired) electrons. The van der Waals surface area contributed by atoms with Crippen molar-refractivity contribution in [3.8, 4) is 5.75 Å². The smallest absolute Gasteiger partial charge is 0.123 e. The molecule has 0 aliphatic carbocycles. The van der Waals surface area contributed by atoms with Crippen LogP contribution in [0.2, 0.25) is 0 Å². The fraction of sp³-hybridized carbons (Fsp3) is 0.600. The Morgan fingerprint density at radius 1 is 1.28 bits per heavy atom. The van der Waals surface area contributed by atoms with Gasteiger partial charge in [-0.05, 0) is 36.7 Å². The fourth-order valence-corrected chi connectivity index (χ4v) is 2.55. The van der Waals surface area contributed by atoms with E-state index in [0.29, 0.717) is 0 Å². The van der Waals surface area contributed by atoms with Crippen LogP contribution in [0.1, 0.15) is 30.5 Å². The molecule has 0 unspecified atom stereocenters. The molecule has 0 bridgehead atoms. The number of rotatable bonds is 5. The third kappa shape index (κ3) is 2.85. The summed E-state index contributed by atoms with van der Waals surface area (Å²) in [4.78, 5) is 2.48. The highest BCUT2D eigenvalue weighted by Gasteiger charge is 2.17. The minimum Gasteiger partial charge on any atom is -0.496 e. The van der Waals surface area contributed by atoms with Gasteiger partial charge in [-0.15, -0.1) is 0 Å². The molecule has 1 N–H and O–H groups in total. The van der Waals surface area contributed by atoms with E-state index in [-0.39, 0.29) is 0 Å². The van der Waals surface area contributed by atoms with Crippen molar-refractivity contribution < 1.29 is 4.74 Å². The largest absolute Gasteiger partial charge is 0.496 e. The molecule has 1 aliphatic rings. The molecule has 3 heteroatoms. The Kier molecular flexibility index (Phi) is 4.61. The average Bonchev–Trinajstić information content (AvgIpc) is 2.43. The molecule has 100 valence electrons. The van der Waals surface area contributed by atoms with Crippen LogP contribution in [-0.4, -0.2) is 31.6 Å². The number of nitrogens with zero attached hydrogens (tertiary/aromatic N) is 1. The van der Waals surface area contributed by atoms with E-state index in [0.717, 1.165) is 38.3 Å². The molecular formula is C15H24N2O. The van der Waals surface area contributed by atoms with Crippen molar-refractivity contribution in [3.63, 3.8) is 0 Å². The summed E-state index contributed by atoms with van der Waals surface area (Å²) in [7, 11) is 1.76. The van der Waals surface area contributed by atoms with Crippen molar-refractivity contribution in [2.75, 3.05) is 26.7 Å². The molecular weight excluding hydrogens is 224 g/mol. The van der Waals surface area contributed by atoms with Gasteiger partial charge in [-0.2, -0.15) is 0 Å². The summed E-state index contributed by atoms with van der Waals surface area (Å²) in [6.45, 7) is 9.60. The number of fused-ring (bicyclic) bond motifs is 1. The standard InChI is InChI=1S/C15H24N2O/c1-4-16-10-13-8-12-6-7-17(5-2)11-14(12)9-15(13)18-3/h8-9,16H,4-7,10-11H2,1-3H3. The molecule has 0 aromatic heterocycles. The summed E-state index contributed by atoms with van der Waals surface area (Å²) < 4.78 is 5.52. The van der Waals surface area contributed by atoms with Crippen LogP contribution in [0.4, 0.5) is 0 Å². The Bertz CT molecular complexity index is 388. The summed E-state index contributed by atoms with van der Waals surface area (Å²) in [5.74, 6) is 1.02.